The summed E-state index contributed by atoms with van der Waals surface area (Å²) >= 11 is 5.94. The van der Waals surface area contributed by atoms with Crippen molar-refractivity contribution >= 4 is 17.9 Å². The van der Waals surface area contributed by atoms with Crippen LogP contribution in [0.3, 0.4) is 0 Å². The number of hydrogen-bond acceptors (Lipinski definition) is 1. The predicted molar refractivity (Wildman–Crippen MR) is 67.2 cm³/mol. The van der Waals surface area contributed by atoms with Gasteiger partial charge in [-0.15, -0.1) is 0 Å². The molecule has 1 nitrogen and oxygen atoms in total. The highest BCUT2D eigenvalue weighted by Crippen LogP contribution is 2.45. The molecular weight excluding hydrogens is 239 g/mol. The summed E-state index contributed by atoms with van der Waals surface area (Å²) in [6, 6.07) is 1.71. The number of benzene rings is 1. The molecule has 0 amide bonds. The van der Waals surface area contributed by atoms with Crippen LogP contribution in [0.4, 0.5) is 4.39 Å². The van der Waals surface area contributed by atoms with Gasteiger partial charge < -0.3 is 4.79 Å². The molecule has 0 bridgehead atoms. The Morgan fingerprint density at radius 3 is 2.65 bits per heavy atom. The minimum Gasteiger partial charge on any atom is -0.303 e. The molecule has 17 heavy (non-hydrogen) atoms. The topological polar surface area (TPSA) is 17.1 Å². The Morgan fingerprint density at radius 1 is 1.53 bits per heavy atom. The van der Waals surface area contributed by atoms with E-state index < -0.39 is 0 Å². The van der Waals surface area contributed by atoms with E-state index in [9.17, 15) is 9.18 Å². The molecule has 0 radical (unpaired) electrons. The second kappa shape index (κ2) is 4.77. The van der Waals surface area contributed by atoms with E-state index in [2.05, 4.69) is 0 Å². The van der Waals surface area contributed by atoms with E-state index >= 15 is 0 Å². The summed E-state index contributed by atoms with van der Waals surface area (Å²) in [6.45, 7) is 3.86. The molecule has 3 heteroatoms. The summed E-state index contributed by atoms with van der Waals surface area (Å²) in [6.07, 6.45) is 3.37. The van der Waals surface area contributed by atoms with Crippen molar-refractivity contribution in [2.75, 3.05) is 0 Å². The van der Waals surface area contributed by atoms with Crippen molar-refractivity contribution in [3.63, 3.8) is 0 Å². The largest absolute Gasteiger partial charge is 0.303 e. The van der Waals surface area contributed by atoms with Crippen LogP contribution in [-0.2, 0) is 11.2 Å². The minimum absolute atomic E-state index is 0.0427. The van der Waals surface area contributed by atoms with Crippen LogP contribution in [0.25, 0.3) is 0 Å². The molecule has 0 spiro atoms. The smallest absolute Gasteiger partial charge is 0.145 e. The molecule has 1 aliphatic rings. The SMILES string of the molecule is CC(C)c1c(F)c(Cl)cc(C2CC2)c1CC=O. The first-order chi connectivity index (χ1) is 8.06. The third-order valence-electron chi connectivity index (χ3n) is 3.28. The molecule has 92 valence electrons. The molecular formula is C14H16ClFO. The summed E-state index contributed by atoms with van der Waals surface area (Å²) < 4.78 is 14.1. The van der Waals surface area contributed by atoms with E-state index in [1.165, 1.54) is 0 Å². The number of rotatable bonds is 4. The van der Waals surface area contributed by atoms with Crippen LogP contribution < -0.4 is 0 Å². The Hall–Kier alpha value is -0.890. The van der Waals surface area contributed by atoms with E-state index in [-0.39, 0.29) is 23.2 Å². The zero-order valence-electron chi connectivity index (χ0n) is 10.1. The fraction of sp³-hybridized carbons (Fsp3) is 0.500. The van der Waals surface area contributed by atoms with E-state index in [0.29, 0.717) is 11.5 Å². The van der Waals surface area contributed by atoms with Gasteiger partial charge in [0.05, 0.1) is 5.02 Å². The van der Waals surface area contributed by atoms with Gasteiger partial charge in [0.15, 0.2) is 0 Å². The number of carbonyl (C=O) groups excluding carboxylic acids is 1. The van der Waals surface area contributed by atoms with Crippen LogP contribution in [0, 0.1) is 5.82 Å². The fourth-order valence-corrected chi connectivity index (χ4v) is 2.59. The second-order valence-corrected chi connectivity index (χ2v) is 5.36. The summed E-state index contributed by atoms with van der Waals surface area (Å²) in [7, 11) is 0. The van der Waals surface area contributed by atoms with Gasteiger partial charge in [-0.25, -0.2) is 4.39 Å². The Kier molecular flexibility index (Phi) is 3.53. The van der Waals surface area contributed by atoms with Gasteiger partial charge in [0.2, 0.25) is 0 Å². The quantitative estimate of drug-likeness (QED) is 0.735. The van der Waals surface area contributed by atoms with Crippen LogP contribution in [0.1, 0.15) is 55.2 Å². The molecule has 0 saturated heterocycles. The lowest BCUT2D eigenvalue weighted by Gasteiger charge is -2.18. The van der Waals surface area contributed by atoms with E-state index in [1.807, 2.05) is 13.8 Å². The lowest BCUT2D eigenvalue weighted by Crippen LogP contribution is -2.06. The third kappa shape index (κ3) is 2.37. The van der Waals surface area contributed by atoms with Crippen LogP contribution >= 0.6 is 11.6 Å². The number of aldehydes is 1. The van der Waals surface area contributed by atoms with Crippen molar-refractivity contribution in [2.24, 2.45) is 0 Å². The first-order valence-corrected chi connectivity index (χ1v) is 6.38. The Bertz CT molecular complexity index is 450. The molecule has 0 N–H and O–H groups in total. The van der Waals surface area contributed by atoms with E-state index in [1.54, 1.807) is 6.07 Å². The highest BCUT2D eigenvalue weighted by molar-refractivity contribution is 6.31. The first-order valence-electron chi connectivity index (χ1n) is 6.00. The van der Waals surface area contributed by atoms with Crippen molar-refractivity contribution in [1.82, 2.24) is 0 Å². The number of hydrogen-bond donors (Lipinski definition) is 0. The van der Waals surface area contributed by atoms with Gasteiger partial charge in [0.25, 0.3) is 0 Å². The molecule has 2 rings (SSSR count). The van der Waals surface area contributed by atoms with Crippen molar-refractivity contribution < 1.29 is 9.18 Å². The van der Waals surface area contributed by atoms with Crippen LogP contribution in [0.15, 0.2) is 6.07 Å². The lowest BCUT2D eigenvalue weighted by molar-refractivity contribution is -0.107. The summed E-state index contributed by atoms with van der Waals surface area (Å²) in [5.41, 5.74) is 2.55. The van der Waals surface area contributed by atoms with Gasteiger partial charge in [-0.2, -0.15) is 0 Å². The Labute approximate surface area is 106 Å². The maximum absolute atomic E-state index is 14.1. The zero-order chi connectivity index (χ0) is 12.6. The predicted octanol–water partition coefficient (Wildman–Crippen LogP) is 4.22. The molecule has 1 aromatic rings. The van der Waals surface area contributed by atoms with E-state index in [0.717, 1.165) is 30.3 Å². The van der Waals surface area contributed by atoms with Crippen molar-refractivity contribution in [1.29, 1.82) is 0 Å². The molecule has 0 atom stereocenters. The monoisotopic (exact) mass is 254 g/mol. The number of halogens is 2. The third-order valence-corrected chi connectivity index (χ3v) is 3.56. The molecule has 1 aromatic carbocycles. The zero-order valence-corrected chi connectivity index (χ0v) is 10.9. The van der Waals surface area contributed by atoms with Gasteiger partial charge in [0.1, 0.15) is 12.1 Å². The average molecular weight is 255 g/mol. The van der Waals surface area contributed by atoms with Crippen LogP contribution in [0.2, 0.25) is 5.02 Å². The van der Waals surface area contributed by atoms with Crippen molar-refractivity contribution in [3.05, 3.63) is 33.6 Å². The Balaban J connectivity index is 2.62. The highest BCUT2D eigenvalue weighted by atomic mass is 35.5. The maximum Gasteiger partial charge on any atom is 0.145 e. The standard InChI is InChI=1S/C14H16ClFO/c1-8(2)13-10(5-6-17)11(9-3-4-9)7-12(15)14(13)16/h6-9H,3-5H2,1-2H3. The molecule has 0 heterocycles. The van der Waals surface area contributed by atoms with Gasteiger partial charge in [0, 0.05) is 6.42 Å². The maximum atomic E-state index is 14.1. The summed E-state index contributed by atoms with van der Waals surface area (Å²) in [4.78, 5) is 10.8. The van der Waals surface area contributed by atoms with Crippen molar-refractivity contribution in [3.8, 4) is 0 Å². The van der Waals surface area contributed by atoms with Gasteiger partial charge in [-0.1, -0.05) is 25.4 Å². The molecule has 0 unspecified atom stereocenters. The fourth-order valence-electron chi connectivity index (χ4n) is 2.38. The second-order valence-electron chi connectivity index (χ2n) is 4.95. The first kappa shape index (κ1) is 12.6. The van der Waals surface area contributed by atoms with Crippen LogP contribution in [-0.4, -0.2) is 6.29 Å². The van der Waals surface area contributed by atoms with Crippen LogP contribution in [0.5, 0.6) is 0 Å². The molecule has 1 aliphatic carbocycles. The minimum atomic E-state index is -0.358. The Morgan fingerprint density at radius 2 is 2.18 bits per heavy atom. The summed E-state index contributed by atoms with van der Waals surface area (Å²) in [5.74, 6) is 0.157. The highest BCUT2D eigenvalue weighted by Gasteiger charge is 2.29. The number of carbonyl (C=O) groups is 1. The van der Waals surface area contributed by atoms with Gasteiger partial charge in [-0.3, -0.25) is 0 Å². The molecule has 0 aliphatic heterocycles. The summed E-state index contributed by atoms with van der Waals surface area (Å²) in [5, 5.41) is 0.185. The normalized spacial score (nSPS) is 15.4. The molecule has 0 aromatic heterocycles. The van der Waals surface area contributed by atoms with E-state index in [4.69, 9.17) is 11.6 Å². The van der Waals surface area contributed by atoms with Gasteiger partial charge in [-0.05, 0) is 47.4 Å². The average Bonchev–Trinajstić information content (AvgIpc) is 3.06. The molecule has 1 fully saturated rings. The lowest BCUT2D eigenvalue weighted by atomic mass is 9.89. The van der Waals surface area contributed by atoms with Gasteiger partial charge >= 0.3 is 0 Å². The van der Waals surface area contributed by atoms with Crippen molar-refractivity contribution in [2.45, 2.75) is 44.9 Å². The molecule has 1 saturated carbocycles.